The van der Waals surface area contributed by atoms with Crippen molar-refractivity contribution in [3.8, 4) is 0 Å². The molecule has 1 aliphatic heterocycles. The molecule has 24 heavy (non-hydrogen) atoms. The summed E-state index contributed by atoms with van der Waals surface area (Å²) in [5.41, 5.74) is 1.86. The average molecular weight is 350 g/mol. The number of rotatable bonds is 5. The van der Waals surface area contributed by atoms with Crippen LogP contribution >= 0.6 is 11.8 Å². The predicted octanol–water partition coefficient (Wildman–Crippen LogP) is 2.63. The smallest absolute Gasteiger partial charge is 0.326 e. The summed E-state index contributed by atoms with van der Waals surface area (Å²) in [6, 6.07) is 7.55. The number of hydrogen-bond acceptors (Lipinski definition) is 5. The van der Waals surface area contributed by atoms with Gasteiger partial charge in [-0.25, -0.2) is 0 Å². The molecule has 0 saturated carbocycles. The number of thioether (sulfide) groups is 1. The molecule has 2 rings (SSSR count). The summed E-state index contributed by atoms with van der Waals surface area (Å²) < 4.78 is 4.91. The van der Waals surface area contributed by atoms with Gasteiger partial charge in [-0.1, -0.05) is 44.7 Å². The van der Waals surface area contributed by atoms with Crippen molar-refractivity contribution in [1.82, 2.24) is 4.90 Å². The Morgan fingerprint density at radius 3 is 2.46 bits per heavy atom. The van der Waals surface area contributed by atoms with Crippen molar-refractivity contribution in [3.05, 3.63) is 29.8 Å². The quantitative estimate of drug-likeness (QED) is 0.826. The first kappa shape index (κ1) is 18.3. The van der Waals surface area contributed by atoms with Gasteiger partial charge < -0.3 is 15.0 Å². The molecule has 1 heterocycles. The Hall–Kier alpha value is -2.02. The third kappa shape index (κ3) is 5.26. The van der Waals surface area contributed by atoms with Gasteiger partial charge in [0.25, 0.3) is 11.1 Å². The van der Waals surface area contributed by atoms with Crippen LogP contribution in [0.2, 0.25) is 0 Å². The number of ether oxygens (including phenoxy) is 1. The lowest BCUT2D eigenvalue weighted by atomic mass is 9.87. The van der Waals surface area contributed by atoms with Gasteiger partial charge in [0, 0.05) is 18.0 Å². The second-order valence-corrected chi connectivity index (χ2v) is 7.62. The molecule has 0 bridgehead atoms. The normalized spacial score (nSPS) is 14.6. The molecule has 7 heteroatoms. The van der Waals surface area contributed by atoms with Gasteiger partial charge in [0.05, 0.1) is 0 Å². The highest BCUT2D eigenvalue weighted by molar-refractivity contribution is 8.13. The maximum absolute atomic E-state index is 11.8. The molecule has 0 unspecified atom stereocenters. The first-order valence-electron chi connectivity index (χ1n) is 7.73. The van der Waals surface area contributed by atoms with Crippen molar-refractivity contribution in [1.29, 1.82) is 0 Å². The SMILES string of the molecule is CC(C)(C)c1ccc(NC(=O)COC(=O)CN2CCSC2=O)cc1. The van der Waals surface area contributed by atoms with Gasteiger partial charge in [0.2, 0.25) is 0 Å². The van der Waals surface area contributed by atoms with Gasteiger partial charge in [0.1, 0.15) is 6.54 Å². The van der Waals surface area contributed by atoms with Crippen LogP contribution in [0.25, 0.3) is 0 Å². The second-order valence-electron chi connectivity index (χ2n) is 6.57. The zero-order valence-corrected chi connectivity index (χ0v) is 14.9. The van der Waals surface area contributed by atoms with Gasteiger partial charge in [0.15, 0.2) is 6.61 Å². The van der Waals surface area contributed by atoms with Crippen molar-refractivity contribution in [2.75, 3.05) is 30.8 Å². The van der Waals surface area contributed by atoms with E-state index in [1.54, 1.807) is 0 Å². The molecule has 1 aliphatic rings. The largest absolute Gasteiger partial charge is 0.454 e. The summed E-state index contributed by atoms with van der Waals surface area (Å²) in [6.45, 7) is 6.40. The van der Waals surface area contributed by atoms with Crippen LogP contribution in [0.3, 0.4) is 0 Å². The third-order valence-corrected chi connectivity index (χ3v) is 4.46. The van der Waals surface area contributed by atoms with Crippen molar-refractivity contribution in [2.24, 2.45) is 0 Å². The van der Waals surface area contributed by atoms with E-state index in [-0.39, 0.29) is 23.8 Å². The number of carbonyl (C=O) groups excluding carboxylic acids is 3. The molecule has 1 aromatic rings. The molecular formula is C17H22N2O4S. The molecule has 0 spiro atoms. The van der Waals surface area contributed by atoms with E-state index in [0.29, 0.717) is 18.0 Å². The lowest BCUT2D eigenvalue weighted by Gasteiger charge is -2.19. The fourth-order valence-corrected chi connectivity index (χ4v) is 2.99. The van der Waals surface area contributed by atoms with Crippen LogP contribution in [-0.4, -0.2) is 47.5 Å². The molecule has 1 saturated heterocycles. The topological polar surface area (TPSA) is 75.7 Å². The summed E-state index contributed by atoms with van der Waals surface area (Å²) in [6.07, 6.45) is 0. The lowest BCUT2D eigenvalue weighted by Crippen LogP contribution is -2.32. The highest BCUT2D eigenvalue weighted by Crippen LogP contribution is 2.23. The molecule has 130 valence electrons. The van der Waals surface area contributed by atoms with Crippen LogP contribution in [0.1, 0.15) is 26.3 Å². The number of nitrogens with one attached hydrogen (secondary N) is 1. The maximum Gasteiger partial charge on any atom is 0.326 e. The van der Waals surface area contributed by atoms with Crippen molar-refractivity contribution in [3.63, 3.8) is 0 Å². The van der Waals surface area contributed by atoms with Crippen LogP contribution in [0.5, 0.6) is 0 Å². The molecule has 0 radical (unpaired) electrons. The monoisotopic (exact) mass is 350 g/mol. The standard InChI is InChI=1S/C17H22N2O4S/c1-17(2,3)12-4-6-13(7-5-12)18-14(20)11-23-15(21)10-19-8-9-24-16(19)22/h4-7H,8-11H2,1-3H3,(H,18,20). The van der Waals surface area contributed by atoms with Crippen molar-refractivity contribution in [2.45, 2.75) is 26.2 Å². The van der Waals surface area contributed by atoms with E-state index in [9.17, 15) is 14.4 Å². The highest BCUT2D eigenvalue weighted by atomic mass is 32.2. The van der Waals surface area contributed by atoms with Gasteiger partial charge >= 0.3 is 5.97 Å². The van der Waals surface area contributed by atoms with Crippen LogP contribution in [0.15, 0.2) is 24.3 Å². The highest BCUT2D eigenvalue weighted by Gasteiger charge is 2.24. The van der Waals surface area contributed by atoms with E-state index < -0.39 is 11.9 Å². The number of amides is 2. The van der Waals surface area contributed by atoms with Gasteiger partial charge in [-0.2, -0.15) is 0 Å². The molecule has 0 atom stereocenters. The van der Waals surface area contributed by atoms with Gasteiger partial charge in [-0.3, -0.25) is 14.4 Å². The fourth-order valence-electron chi connectivity index (χ4n) is 2.17. The third-order valence-electron chi connectivity index (χ3n) is 3.56. The van der Waals surface area contributed by atoms with Gasteiger partial charge in [-0.15, -0.1) is 0 Å². The Balaban J connectivity index is 1.76. The second kappa shape index (κ2) is 7.70. The van der Waals surface area contributed by atoms with Gasteiger partial charge in [-0.05, 0) is 23.1 Å². The van der Waals surface area contributed by atoms with E-state index >= 15 is 0 Å². The summed E-state index contributed by atoms with van der Waals surface area (Å²) in [4.78, 5) is 36.3. The Labute approximate surface area is 145 Å². The minimum absolute atomic E-state index is 0.0450. The number of anilines is 1. The molecule has 0 aliphatic carbocycles. The van der Waals surface area contributed by atoms with Crippen LogP contribution in [-0.2, 0) is 19.7 Å². The minimum Gasteiger partial charge on any atom is -0.454 e. The Morgan fingerprint density at radius 2 is 1.92 bits per heavy atom. The maximum atomic E-state index is 11.8. The lowest BCUT2D eigenvalue weighted by molar-refractivity contribution is -0.147. The minimum atomic E-state index is -0.580. The number of carbonyl (C=O) groups is 3. The zero-order chi connectivity index (χ0) is 17.7. The number of nitrogens with zero attached hydrogens (tertiary/aromatic N) is 1. The molecule has 1 N–H and O–H groups in total. The summed E-state index contributed by atoms with van der Waals surface area (Å²) in [5, 5.41) is 2.55. The molecule has 0 aromatic heterocycles. The summed E-state index contributed by atoms with van der Waals surface area (Å²) in [5.74, 6) is -0.310. The van der Waals surface area contributed by atoms with Crippen molar-refractivity contribution >= 4 is 34.6 Å². The number of hydrogen-bond donors (Lipinski definition) is 1. The van der Waals surface area contributed by atoms with Crippen LogP contribution in [0, 0.1) is 0 Å². The van der Waals surface area contributed by atoms with Crippen molar-refractivity contribution < 1.29 is 19.1 Å². The van der Waals surface area contributed by atoms with E-state index in [4.69, 9.17) is 4.74 Å². The number of benzene rings is 1. The summed E-state index contributed by atoms with van der Waals surface area (Å²) in [7, 11) is 0. The Kier molecular flexibility index (Phi) is 5.88. The first-order chi connectivity index (χ1) is 11.3. The zero-order valence-electron chi connectivity index (χ0n) is 14.1. The van der Waals surface area contributed by atoms with E-state index in [0.717, 1.165) is 0 Å². The fraction of sp³-hybridized carbons (Fsp3) is 0.471. The first-order valence-corrected chi connectivity index (χ1v) is 8.72. The van der Waals surface area contributed by atoms with Crippen LogP contribution < -0.4 is 5.32 Å². The molecular weight excluding hydrogens is 328 g/mol. The molecule has 1 aromatic carbocycles. The Bertz CT molecular complexity index is 622. The van der Waals surface area contributed by atoms with E-state index in [1.807, 2.05) is 24.3 Å². The van der Waals surface area contributed by atoms with E-state index in [2.05, 4.69) is 26.1 Å². The van der Waals surface area contributed by atoms with Crippen LogP contribution in [0.4, 0.5) is 10.5 Å². The predicted molar refractivity (Wildman–Crippen MR) is 94.2 cm³/mol. The molecule has 2 amide bonds. The average Bonchev–Trinajstić information content (AvgIpc) is 2.90. The number of esters is 1. The molecule has 1 fully saturated rings. The van der Waals surface area contributed by atoms with E-state index in [1.165, 1.54) is 22.2 Å². The molecule has 6 nitrogen and oxygen atoms in total. The summed E-state index contributed by atoms with van der Waals surface area (Å²) >= 11 is 1.18. The Morgan fingerprint density at radius 1 is 1.25 bits per heavy atom.